The van der Waals surface area contributed by atoms with Gasteiger partial charge in [0.15, 0.2) is 5.76 Å². The molecule has 3 rings (SSSR count). The second-order valence-corrected chi connectivity index (χ2v) is 9.28. The molecule has 0 radical (unpaired) electrons. The minimum atomic E-state index is -0.0887. The van der Waals surface area contributed by atoms with Crippen molar-refractivity contribution in [3.8, 4) is 0 Å². The fourth-order valence-corrected chi connectivity index (χ4v) is 3.77. The van der Waals surface area contributed by atoms with Gasteiger partial charge < -0.3 is 14.2 Å². The average molecular weight is 468 g/mol. The highest BCUT2D eigenvalue weighted by Crippen LogP contribution is 2.21. The minimum Gasteiger partial charge on any atom is -0.455 e. The van der Waals surface area contributed by atoms with Crippen molar-refractivity contribution < 1.29 is 9.21 Å². The number of furan rings is 1. The number of nitrogens with zero attached hydrogens (tertiary/aromatic N) is 3. The van der Waals surface area contributed by atoms with Gasteiger partial charge in [0.25, 0.3) is 5.91 Å². The third-order valence-corrected chi connectivity index (χ3v) is 5.98. The minimum absolute atomic E-state index is 0.0887. The van der Waals surface area contributed by atoms with Crippen LogP contribution in [0.25, 0.3) is 0 Å². The first-order valence-electron chi connectivity index (χ1n) is 11.4. The van der Waals surface area contributed by atoms with E-state index in [4.69, 9.17) is 16.0 Å². The summed E-state index contributed by atoms with van der Waals surface area (Å²) in [5.41, 5.74) is 2.18. The van der Waals surface area contributed by atoms with E-state index in [0.29, 0.717) is 38.0 Å². The van der Waals surface area contributed by atoms with Crippen LogP contribution in [0.4, 0.5) is 0 Å². The molecule has 0 unspecified atom stereocenters. The lowest BCUT2D eigenvalue weighted by molar-refractivity contribution is 0.0694. The van der Waals surface area contributed by atoms with E-state index in [1.807, 2.05) is 79.7 Å². The molecular weight excluding hydrogens is 434 g/mol. The van der Waals surface area contributed by atoms with Crippen LogP contribution in [-0.4, -0.2) is 53.8 Å². The van der Waals surface area contributed by atoms with E-state index in [0.717, 1.165) is 28.5 Å². The number of hydrogen-bond acceptors (Lipinski definition) is 4. The maximum Gasteiger partial charge on any atom is 0.289 e. The van der Waals surface area contributed by atoms with Crippen molar-refractivity contribution in [3.63, 3.8) is 0 Å². The van der Waals surface area contributed by atoms with Gasteiger partial charge in [0.2, 0.25) is 0 Å². The molecule has 0 saturated carbocycles. The van der Waals surface area contributed by atoms with Crippen molar-refractivity contribution in [2.45, 2.75) is 39.5 Å². The van der Waals surface area contributed by atoms with Gasteiger partial charge in [-0.25, -0.2) is 0 Å². The Labute approximate surface area is 202 Å². The summed E-state index contributed by atoms with van der Waals surface area (Å²) < 4.78 is 6.04. The fourth-order valence-electron chi connectivity index (χ4n) is 3.58. The summed E-state index contributed by atoms with van der Waals surface area (Å²) in [4.78, 5) is 19.5. The predicted molar refractivity (Wildman–Crippen MR) is 134 cm³/mol. The van der Waals surface area contributed by atoms with Gasteiger partial charge in [-0.3, -0.25) is 9.69 Å². The molecule has 1 heterocycles. The number of carbonyl (C=O) groups excluding carboxylic acids is 1. The highest BCUT2D eigenvalue weighted by molar-refractivity contribution is 6.31. The lowest BCUT2D eigenvalue weighted by Gasteiger charge is -2.26. The molecule has 0 fully saturated rings. The molecule has 0 aliphatic rings. The Morgan fingerprint density at radius 3 is 2.24 bits per heavy atom. The highest BCUT2D eigenvalue weighted by Gasteiger charge is 2.21. The van der Waals surface area contributed by atoms with Crippen molar-refractivity contribution in [2.24, 2.45) is 0 Å². The zero-order valence-corrected chi connectivity index (χ0v) is 20.8. The Balaban J connectivity index is 1.72. The van der Waals surface area contributed by atoms with Gasteiger partial charge in [-0.15, -0.1) is 0 Å². The number of halogens is 1. The Hall–Kier alpha value is -2.60. The van der Waals surface area contributed by atoms with Crippen LogP contribution in [0.15, 0.2) is 71.1 Å². The van der Waals surface area contributed by atoms with E-state index in [1.165, 1.54) is 0 Å². The lowest BCUT2D eigenvalue weighted by atomic mass is 10.2. The first-order chi connectivity index (χ1) is 15.8. The van der Waals surface area contributed by atoms with Gasteiger partial charge in [0.05, 0.1) is 6.54 Å². The quantitative estimate of drug-likeness (QED) is 0.371. The summed E-state index contributed by atoms with van der Waals surface area (Å²) in [6, 6.07) is 21.9. The van der Waals surface area contributed by atoms with Crippen LogP contribution in [-0.2, 0) is 19.6 Å². The van der Waals surface area contributed by atoms with Gasteiger partial charge in [0, 0.05) is 37.2 Å². The number of carbonyl (C=O) groups is 1. The first-order valence-corrected chi connectivity index (χ1v) is 11.8. The molecule has 0 atom stereocenters. The molecule has 6 heteroatoms. The number of likely N-dealkylation sites (N-methyl/N-ethyl adjacent to an activating group) is 1. The van der Waals surface area contributed by atoms with Crippen LogP contribution in [0.1, 0.15) is 41.3 Å². The van der Waals surface area contributed by atoms with Gasteiger partial charge in [0.1, 0.15) is 5.76 Å². The van der Waals surface area contributed by atoms with Crippen LogP contribution in [0, 0.1) is 0 Å². The Morgan fingerprint density at radius 1 is 0.879 bits per heavy atom. The maximum absolute atomic E-state index is 13.3. The second-order valence-electron chi connectivity index (χ2n) is 8.87. The molecule has 0 aliphatic carbocycles. The summed E-state index contributed by atoms with van der Waals surface area (Å²) in [6.07, 6.45) is 0. The van der Waals surface area contributed by atoms with Crippen molar-refractivity contribution >= 4 is 17.5 Å². The number of hydrogen-bond donors (Lipinski definition) is 0. The van der Waals surface area contributed by atoms with Crippen LogP contribution in [0.2, 0.25) is 5.02 Å². The number of rotatable bonds is 11. The molecule has 1 amide bonds. The molecule has 33 heavy (non-hydrogen) atoms. The van der Waals surface area contributed by atoms with Gasteiger partial charge in [-0.1, -0.05) is 60.1 Å². The molecular formula is C27H34ClN3O2. The van der Waals surface area contributed by atoms with E-state index < -0.39 is 0 Å². The second kappa shape index (κ2) is 12.0. The van der Waals surface area contributed by atoms with Crippen LogP contribution >= 0.6 is 11.6 Å². The number of amides is 1. The third kappa shape index (κ3) is 7.46. The smallest absolute Gasteiger partial charge is 0.289 e. The normalized spacial score (nSPS) is 11.5. The molecule has 0 saturated heterocycles. The molecule has 0 spiro atoms. The molecule has 5 nitrogen and oxygen atoms in total. The molecule has 0 aliphatic heterocycles. The average Bonchev–Trinajstić information content (AvgIpc) is 3.26. The largest absolute Gasteiger partial charge is 0.455 e. The summed E-state index contributed by atoms with van der Waals surface area (Å²) in [5, 5.41) is 0.760. The van der Waals surface area contributed by atoms with Gasteiger partial charge >= 0.3 is 0 Å². The summed E-state index contributed by atoms with van der Waals surface area (Å²) in [6.45, 7) is 7.57. The zero-order valence-electron chi connectivity index (χ0n) is 20.0. The topological polar surface area (TPSA) is 39.9 Å². The summed E-state index contributed by atoms with van der Waals surface area (Å²) in [5.74, 6) is 1.06. The van der Waals surface area contributed by atoms with E-state index in [1.54, 1.807) is 6.07 Å². The molecule has 0 bridgehead atoms. The van der Waals surface area contributed by atoms with Crippen molar-refractivity contribution in [1.82, 2.24) is 14.7 Å². The maximum atomic E-state index is 13.3. The van der Waals surface area contributed by atoms with Crippen molar-refractivity contribution in [1.29, 1.82) is 0 Å². The van der Waals surface area contributed by atoms with Crippen LogP contribution < -0.4 is 0 Å². The Kier molecular flexibility index (Phi) is 9.12. The van der Waals surface area contributed by atoms with Crippen LogP contribution in [0.3, 0.4) is 0 Å². The van der Waals surface area contributed by atoms with Crippen molar-refractivity contribution in [3.05, 3.63) is 94.4 Å². The summed E-state index contributed by atoms with van der Waals surface area (Å²) in [7, 11) is 4.02. The zero-order chi connectivity index (χ0) is 23.8. The molecule has 0 N–H and O–H groups in total. The Bertz CT molecular complexity index is 1020. The predicted octanol–water partition coefficient (Wildman–Crippen LogP) is 5.55. The molecule has 1 aromatic heterocycles. The Morgan fingerprint density at radius 2 is 1.58 bits per heavy atom. The first kappa shape index (κ1) is 25.0. The monoisotopic (exact) mass is 467 g/mol. The number of benzene rings is 2. The van der Waals surface area contributed by atoms with Crippen LogP contribution in [0.5, 0.6) is 0 Å². The van der Waals surface area contributed by atoms with E-state index in [-0.39, 0.29) is 5.91 Å². The van der Waals surface area contributed by atoms with E-state index >= 15 is 0 Å². The van der Waals surface area contributed by atoms with E-state index in [2.05, 4.69) is 23.6 Å². The molecule has 3 aromatic rings. The van der Waals surface area contributed by atoms with Gasteiger partial charge in [-0.2, -0.15) is 0 Å². The lowest BCUT2D eigenvalue weighted by Crippen LogP contribution is -2.36. The summed E-state index contributed by atoms with van der Waals surface area (Å²) >= 11 is 6.37. The third-order valence-electron chi connectivity index (χ3n) is 5.61. The molecule has 2 aromatic carbocycles. The van der Waals surface area contributed by atoms with Gasteiger partial charge in [-0.05, 0) is 57.3 Å². The standard InChI is InChI=1S/C27H34ClN3O2/c1-21(2)31(19-23-12-8-9-13-25(23)28)20-24-14-15-26(33-24)27(32)30(17-16-29(3)4)18-22-10-6-5-7-11-22/h5-15,21H,16-20H2,1-4H3. The SMILES string of the molecule is CC(C)N(Cc1ccc(C(=O)N(CCN(C)C)Cc2ccccc2)o1)Cc1ccccc1Cl. The highest BCUT2D eigenvalue weighted by atomic mass is 35.5. The van der Waals surface area contributed by atoms with Crippen molar-refractivity contribution in [2.75, 3.05) is 27.2 Å². The molecule has 176 valence electrons. The fraction of sp³-hybridized carbons (Fsp3) is 0.370. The van der Waals surface area contributed by atoms with E-state index in [9.17, 15) is 4.79 Å².